The van der Waals surface area contributed by atoms with Gasteiger partial charge in [0.25, 0.3) is 0 Å². The van der Waals surface area contributed by atoms with E-state index in [1.165, 1.54) is 128 Å². The van der Waals surface area contributed by atoms with E-state index in [2.05, 4.69) is 29.8 Å². The number of nitrogens with one attached hydrogen (secondary N) is 3. The van der Waals surface area contributed by atoms with Gasteiger partial charge in [0, 0.05) is 20.3 Å². The van der Waals surface area contributed by atoms with E-state index in [-0.39, 0.29) is 12.3 Å². The SMILES string of the molecule is CCCCCCCCCCCCC/C=C/[C@@H](O)[C@H](CO[C@@H]1OC(CO)[C@@H](O[C@@H]2OC(CO)[C@H](O[C@@H]3OC(CO)[C@H](O)[C@H](O[C@@H]4OC(CO[C@@H]5OC(CO)[C@@H](O)[C@H](O)C5NC(C)=O)[C@H](O)[C@H](O)C4NC(C)=O)C3O)[C@H](O)C2O)[C@H](O)C1O)NC(=O)CCCCCCCCCCCCCCCCCCC. The van der Waals surface area contributed by atoms with E-state index in [1.54, 1.807) is 6.08 Å². The summed E-state index contributed by atoms with van der Waals surface area (Å²) in [5.41, 5.74) is 0. The highest BCUT2D eigenvalue weighted by Gasteiger charge is 2.56. The number of rotatable bonds is 51. The average molecular weight is 1490 g/mol. The molecule has 5 saturated heterocycles. The molecule has 10 unspecified atom stereocenters. The minimum absolute atomic E-state index is 0.197. The second-order valence-electron chi connectivity index (χ2n) is 28.6. The van der Waals surface area contributed by atoms with Crippen LogP contribution in [0.1, 0.15) is 220 Å². The average Bonchev–Trinajstić information content (AvgIpc) is 0.777. The molecule has 0 aromatic heterocycles. The number of allylic oxidation sites excluding steroid dienone is 1. The lowest BCUT2D eigenvalue weighted by Gasteiger charge is -2.49. The molecule has 0 radical (unpaired) electrons. The van der Waals surface area contributed by atoms with Crippen molar-refractivity contribution in [1.82, 2.24) is 16.0 Å². The van der Waals surface area contributed by atoms with Crippen molar-refractivity contribution in [2.45, 2.75) is 386 Å². The Morgan fingerprint density at radius 2 is 0.757 bits per heavy atom. The molecular formula is C72H131N3O28. The summed E-state index contributed by atoms with van der Waals surface area (Å²) in [5, 5.41) is 174. The van der Waals surface area contributed by atoms with Crippen molar-refractivity contribution >= 4 is 17.7 Å². The smallest absolute Gasteiger partial charge is 0.220 e. The van der Waals surface area contributed by atoms with Crippen LogP contribution in [-0.2, 0) is 61.8 Å². The molecule has 0 saturated carbocycles. The molecule has 0 bridgehead atoms. The number of hydrogen-bond acceptors (Lipinski definition) is 28. The van der Waals surface area contributed by atoms with E-state index in [1.807, 2.05) is 6.08 Å². The second kappa shape index (κ2) is 50.0. The molecule has 31 heteroatoms. The van der Waals surface area contributed by atoms with Crippen molar-refractivity contribution in [1.29, 1.82) is 0 Å². The van der Waals surface area contributed by atoms with Gasteiger partial charge in [-0.15, -0.1) is 0 Å². The number of ether oxygens (including phenoxy) is 10. The lowest BCUT2D eigenvalue weighted by atomic mass is 9.94. The first-order chi connectivity index (χ1) is 49.5. The molecule has 5 aliphatic heterocycles. The Kier molecular flexibility index (Phi) is 44.1. The van der Waals surface area contributed by atoms with Crippen molar-refractivity contribution in [3.8, 4) is 0 Å². The summed E-state index contributed by atoms with van der Waals surface area (Å²) in [4.78, 5) is 38.0. The summed E-state index contributed by atoms with van der Waals surface area (Å²) in [6, 6.07) is -4.16. The van der Waals surface area contributed by atoms with E-state index in [9.17, 15) is 91.0 Å². The fourth-order valence-corrected chi connectivity index (χ4v) is 13.9. The van der Waals surface area contributed by atoms with Crippen LogP contribution >= 0.6 is 0 Å². The molecule has 31 nitrogen and oxygen atoms in total. The van der Waals surface area contributed by atoms with Crippen LogP contribution < -0.4 is 16.0 Å². The molecule has 5 fully saturated rings. The van der Waals surface area contributed by atoms with Gasteiger partial charge < -0.3 is 140 Å². The Bertz CT molecular complexity index is 2310. The molecule has 602 valence electrons. The van der Waals surface area contributed by atoms with Gasteiger partial charge in [-0.25, -0.2) is 0 Å². The minimum Gasteiger partial charge on any atom is -0.394 e. The highest BCUT2D eigenvalue weighted by atomic mass is 16.8. The topological polar surface area (TPSA) is 483 Å². The number of carbonyl (C=O) groups excluding carboxylic acids is 3. The number of hydrogen-bond donors (Lipinski definition) is 18. The van der Waals surface area contributed by atoms with Crippen molar-refractivity contribution in [2.24, 2.45) is 0 Å². The van der Waals surface area contributed by atoms with Gasteiger partial charge in [0.15, 0.2) is 31.5 Å². The van der Waals surface area contributed by atoms with Gasteiger partial charge in [0.1, 0.15) is 122 Å². The molecular weight excluding hydrogens is 1350 g/mol. The first-order valence-electron chi connectivity index (χ1n) is 38.4. The van der Waals surface area contributed by atoms with E-state index in [0.29, 0.717) is 12.8 Å². The highest BCUT2D eigenvalue weighted by molar-refractivity contribution is 5.76. The minimum atomic E-state index is -2.18. The number of aliphatic hydroxyl groups is 15. The molecule has 18 N–H and O–H groups in total. The molecule has 5 aliphatic rings. The molecule has 3 amide bonds. The molecule has 0 aliphatic carbocycles. The standard InChI is InChI=1S/C72H131N3O28/c1-5-7-9-11-13-15-17-19-20-21-22-24-26-28-30-32-34-36-52(83)75-45(46(82)35-33-31-29-27-25-23-18-16-14-12-10-8-6-2)41-94-70-62(91)60(89)65(49(39-78)98-70)101-71-63(92)61(90)66(50(40-79)99-71)102-72-64(93)67(57(86)48(38-77)97-72)103-69-54(74-44(4)81)59(88)56(85)51(100-69)42-95-68-53(73-43(3)80)58(87)55(84)47(37-76)96-68/h33,35,45-51,53-72,76-79,82,84-93H,5-32,34,36-42H2,1-4H3,(H,73,80)(H,74,81)(H,75,83)/b35-33+/t45-,46+,47?,48?,49?,50?,51?,53?,54?,55+,56-,57-,58+,59+,60+,61+,62?,63?,64?,65+,66-,67-,68+,69-,70+,71-,72-/m0/s1. The van der Waals surface area contributed by atoms with Crippen LogP contribution in [0.5, 0.6) is 0 Å². The van der Waals surface area contributed by atoms with Gasteiger partial charge in [-0.3, -0.25) is 14.4 Å². The third-order valence-corrected chi connectivity index (χ3v) is 20.1. The van der Waals surface area contributed by atoms with Gasteiger partial charge in [-0.05, 0) is 19.3 Å². The maximum atomic E-state index is 13.5. The predicted octanol–water partition coefficient (Wildman–Crippen LogP) is 0.532. The van der Waals surface area contributed by atoms with Gasteiger partial charge >= 0.3 is 0 Å². The van der Waals surface area contributed by atoms with E-state index in [0.717, 1.165) is 58.8 Å². The summed E-state index contributed by atoms with van der Waals surface area (Å²) in [5.74, 6) is -1.78. The maximum absolute atomic E-state index is 13.5. The van der Waals surface area contributed by atoms with Crippen molar-refractivity contribution < 1.29 is 138 Å². The van der Waals surface area contributed by atoms with Gasteiger partial charge in [0.2, 0.25) is 17.7 Å². The zero-order valence-corrected chi connectivity index (χ0v) is 61.2. The number of amides is 3. The fraction of sp³-hybridized carbons (Fsp3) is 0.931. The third kappa shape index (κ3) is 29.8. The maximum Gasteiger partial charge on any atom is 0.220 e. The Balaban J connectivity index is 1.18. The first kappa shape index (κ1) is 90.8. The summed E-state index contributed by atoms with van der Waals surface area (Å²) >= 11 is 0. The van der Waals surface area contributed by atoms with Crippen LogP contribution in [0.15, 0.2) is 12.2 Å². The normalized spacial score (nSPS) is 34.9. The number of carbonyl (C=O) groups is 3. The van der Waals surface area contributed by atoms with Crippen LogP contribution in [-0.4, -0.2) is 300 Å². The van der Waals surface area contributed by atoms with E-state index >= 15 is 0 Å². The monoisotopic (exact) mass is 1490 g/mol. The largest absolute Gasteiger partial charge is 0.394 e. The lowest BCUT2D eigenvalue weighted by Crippen LogP contribution is -2.69. The fourth-order valence-electron chi connectivity index (χ4n) is 13.9. The van der Waals surface area contributed by atoms with E-state index in [4.69, 9.17) is 47.4 Å². The summed E-state index contributed by atoms with van der Waals surface area (Å²) < 4.78 is 58.6. The molecule has 0 aromatic carbocycles. The Labute approximate surface area is 607 Å². The Morgan fingerprint density at radius 3 is 1.22 bits per heavy atom. The molecule has 0 aromatic rings. The molecule has 27 atom stereocenters. The zero-order chi connectivity index (χ0) is 75.4. The summed E-state index contributed by atoms with van der Waals surface area (Å²) in [6.07, 6.45) is -6.04. The lowest BCUT2D eigenvalue weighted by molar-refractivity contribution is -0.387. The summed E-state index contributed by atoms with van der Waals surface area (Å²) in [6.45, 7) is 1.75. The van der Waals surface area contributed by atoms with Gasteiger partial charge in [-0.2, -0.15) is 0 Å². The van der Waals surface area contributed by atoms with Crippen molar-refractivity contribution in [3.05, 3.63) is 12.2 Å². The van der Waals surface area contributed by atoms with Crippen molar-refractivity contribution in [2.75, 3.05) is 39.6 Å². The molecule has 5 heterocycles. The van der Waals surface area contributed by atoms with Crippen LogP contribution in [0.25, 0.3) is 0 Å². The van der Waals surface area contributed by atoms with Gasteiger partial charge in [-0.1, -0.05) is 193 Å². The number of unbranched alkanes of at least 4 members (excludes halogenated alkanes) is 27. The Hall–Kier alpha value is -2.85. The molecule has 103 heavy (non-hydrogen) atoms. The third-order valence-electron chi connectivity index (χ3n) is 20.1. The predicted molar refractivity (Wildman–Crippen MR) is 370 cm³/mol. The van der Waals surface area contributed by atoms with Crippen LogP contribution in [0, 0.1) is 0 Å². The van der Waals surface area contributed by atoms with Crippen molar-refractivity contribution in [3.63, 3.8) is 0 Å². The quantitative estimate of drug-likeness (QED) is 0.0292. The second-order valence-corrected chi connectivity index (χ2v) is 28.6. The summed E-state index contributed by atoms with van der Waals surface area (Å²) in [7, 11) is 0. The first-order valence-corrected chi connectivity index (χ1v) is 38.4. The van der Waals surface area contributed by atoms with Crippen LogP contribution in [0.3, 0.4) is 0 Å². The zero-order valence-electron chi connectivity index (χ0n) is 61.2. The van der Waals surface area contributed by atoms with E-state index < -0.39 is 217 Å². The van der Waals surface area contributed by atoms with Crippen LogP contribution in [0.4, 0.5) is 0 Å². The van der Waals surface area contributed by atoms with Crippen LogP contribution in [0.2, 0.25) is 0 Å². The number of aliphatic hydroxyl groups excluding tert-OH is 15. The highest BCUT2D eigenvalue weighted by Crippen LogP contribution is 2.36. The molecule has 5 rings (SSSR count). The molecule has 0 spiro atoms. The van der Waals surface area contributed by atoms with Gasteiger partial charge in [0.05, 0.1) is 51.8 Å². The Morgan fingerprint density at radius 1 is 0.388 bits per heavy atom.